The number of hydrogen-bond donors (Lipinski definition) is 3. The molecule has 0 aromatic heterocycles. The molecule has 4 amide bonds. The second-order valence-electron chi connectivity index (χ2n) is 11.3. The number of carbonyl (C=O) groups excluding carboxylic acids is 4. The van der Waals surface area contributed by atoms with Crippen LogP contribution in [-0.4, -0.2) is 45.9 Å². The average molecular weight is 569 g/mol. The van der Waals surface area contributed by atoms with Crippen LogP contribution in [0.25, 0.3) is 0 Å². The third kappa shape index (κ3) is 8.48. The number of hydrogen-bond acceptors (Lipinski definition) is 5. The maximum Gasteiger partial charge on any atom is 0.408 e. The molecule has 214 valence electrons. The summed E-state index contributed by atoms with van der Waals surface area (Å²) in [7, 11) is 0. The summed E-state index contributed by atoms with van der Waals surface area (Å²) < 4.78 is 5.31. The van der Waals surface area contributed by atoms with Crippen molar-refractivity contribution in [2.24, 2.45) is 5.73 Å². The minimum Gasteiger partial charge on any atom is -0.444 e. The zero-order chi connectivity index (χ0) is 30.4. The van der Waals surface area contributed by atoms with E-state index in [-0.39, 0.29) is 0 Å². The van der Waals surface area contributed by atoms with Crippen molar-refractivity contribution in [2.45, 2.75) is 78.1 Å². The van der Waals surface area contributed by atoms with E-state index in [1.807, 2.05) is 0 Å². The van der Waals surface area contributed by atoms with Crippen molar-refractivity contribution in [1.29, 1.82) is 0 Å². The van der Waals surface area contributed by atoms with Gasteiger partial charge in [0, 0.05) is 11.1 Å². The van der Waals surface area contributed by atoms with Crippen LogP contribution in [-0.2, 0) is 19.1 Å². The Morgan fingerprint density at radius 2 is 1.68 bits per heavy atom. The molecule has 0 aliphatic carbocycles. The molecular formula is C30H37ClN4O5. The smallest absolute Gasteiger partial charge is 0.408 e. The monoisotopic (exact) mass is 568 g/mol. The summed E-state index contributed by atoms with van der Waals surface area (Å²) in [4.78, 5) is 54.2. The fourth-order valence-electron chi connectivity index (χ4n) is 4.11. The standard InChI is InChI=1S/C30H37ClN4O5/c1-9-19-14-10-11-15-20(19)25(26(37)34-24-18(2)13-12-16-21(24)31)35(29(3,4)5)27(38)22(17-23(32)36)33-28(39)40-30(6,7)8/h1,10-16,22,25H,17H2,2-8H3,(H2,32,36)(H,33,39)(H,34,37). The molecule has 2 atom stereocenters. The first-order chi connectivity index (χ1) is 18.5. The van der Waals surface area contributed by atoms with Crippen LogP contribution >= 0.6 is 11.6 Å². The van der Waals surface area contributed by atoms with Gasteiger partial charge < -0.3 is 26.0 Å². The molecule has 0 aliphatic rings. The molecule has 0 spiro atoms. The number of anilines is 1. The summed E-state index contributed by atoms with van der Waals surface area (Å²) in [6, 6.07) is 9.17. The van der Waals surface area contributed by atoms with E-state index in [0.29, 0.717) is 27.4 Å². The summed E-state index contributed by atoms with van der Waals surface area (Å²) in [5, 5.41) is 5.61. The largest absolute Gasteiger partial charge is 0.444 e. The highest BCUT2D eigenvalue weighted by atomic mass is 35.5. The Morgan fingerprint density at radius 1 is 1.05 bits per heavy atom. The van der Waals surface area contributed by atoms with Gasteiger partial charge in [-0.05, 0) is 71.7 Å². The Morgan fingerprint density at radius 3 is 2.20 bits per heavy atom. The van der Waals surface area contributed by atoms with Crippen LogP contribution in [0, 0.1) is 19.3 Å². The van der Waals surface area contributed by atoms with Gasteiger partial charge in [0.25, 0.3) is 5.91 Å². The van der Waals surface area contributed by atoms with E-state index in [1.54, 1.807) is 90.9 Å². The van der Waals surface area contributed by atoms with Gasteiger partial charge in [-0.2, -0.15) is 0 Å². The van der Waals surface area contributed by atoms with E-state index >= 15 is 0 Å². The summed E-state index contributed by atoms with van der Waals surface area (Å²) in [5.74, 6) is 0.405. The van der Waals surface area contributed by atoms with Crippen molar-refractivity contribution in [3.05, 3.63) is 64.2 Å². The second-order valence-corrected chi connectivity index (χ2v) is 11.7. The molecule has 0 saturated heterocycles. The number of benzene rings is 2. The van der Waals surface area contributed by atoms with Gasteiger partial charge in [-0.15, -0.1) is 6.42 Å². The number of primary amides is 1. The zero-order valence-corrected chi connectivity index (χ0v) is 24.7. The van der Waals surface area contributed by atoms with Crippen LogP contribution in [0.3, 0.4) is 0 Å². The number of ether oxygens (including phenoxy) is 1. The topological polar surface area (TPSA) is 131 Å². The number of amides is 4. The normalized spacial score (nSPS) is 12.9. The van der Waals surface area contributed by atoms with Gasteiger partial charge in [0.05, 0.1) is 17.1 Å². The summed E-state index contributed by atoms with van der Waals surface area (Å²) in [5.41, 5.74) is 5.40. The van der Waals surface area contributed by atoms with Crippen molar-refractivity contribution in [2.75, 3.05) is 5.32 Å². The van der Waals surface area contributed by atoms with Crippen LogP contribution in [0.1, 0.15) is 70.7 Å². The van der Waals surface area contributed by atoms with Crippen molar-refractivity contribution in [1.82, 2.24) is 10.2 Å². The Kier molecular flexibility index (Phi) is 10.4. The van der Waals surface area contributed by atoms with Crippen LogP contribution in [0.15, 0.2) is 42.5 Å². The first-order valence-corrected chi connectivity index (χ1v) is 13.1. The van der Waals surface area contributed by atoms with E-state index in [1.165, 1.54) is 4.90 Å². The lowest BCUT2D eigenvalue weighted by atomic mass is 9.92. The molecule has 0 bridgehead atoms. The number of terminal acetylenes is 1. The quantitative estimate of drug-likeness (QED) is 0.397. The Hall–Kier alpha value is -4.03. The van der Waals surface area contributed by atoms with Crippen LogP contribution in [0.5, 0.6) is 0 Å². The molecule has 2 rings (SSSR count). The van der Waals surface area contributed by atoms with Gasteiger partial charge >= 0.3 is 6.09 Å². The van der Waals surface area contributed by atoms with Crippen LogP contribution < -0.4 is 16.4 Å². The molecule has 0 aliphatic heterocycles. The fraction of sp³-hybridized carbons (Fsp3) is 0.400. The second kappa shape index (κ2) is 12.9. The molecule has 10 heteroatoms. The lowest BCUT2D eigenvalue weighted by Crippen LogP contribution is -2.58. The highest BCUT2D eigenvalue weighted by Crippen LogP contribution is 2.34. The summed E-state index contributed by atoms with van der Waals surface area (Å²) in [6.45, 7) is 11.9. The zero-order valence-electron chi connectivity index (χ0n) is 23.9. The third-order valence-electron chi connectivity index (χ3n) is 5.74. The van der Waals surface area contributed by atoms with E-state index < -0.39 is 53.5 Å². The van der Waals surface area contributed by atoms with Gasteiger partial charge in [0.15, 0.2) is 0 Å². The molecule has 4 N–H and O–H groups in total. The average Bonchev–Trinajstić information content (AvgIpc) is 2.81. The molecule has 40 heavy (non-hydrogen) atoms. The number of halogens is 1. The van der Waals surface area contributed by atoms with E-state index in [0.717, 1.165) is 0 Å². The number of nitrogens with zero attached hydrogens (tertiary/aromatic N) is 1. The van der Waals surface area contributed by atoms with Gasteiger partial charge in [0.2, 0.25) is 11.8 Å². The third-order valence-corrected chi connectivity index (χ3v) is 6.06. The number of para-hydroxylation sites is 1. The van der Waals surface area contributed by atoms with Crippen molar-refractivity contribution < 1.29 is 23.9 Å². The molecule has 9 nitrogen and oxygen atoms in total. The van der Waals surface area contributed by atoms with Gasteiger partial charge in [-0.1, -0.05) is 47.9 Å². The summed E-state index contributed by atoms with van der Waals surface area (Å²) in [6.07, 6.45) is 4.34. The number of nitrogens with two attached hydrogens (primary N) is 1. The minimum absolute atomic E-state index is 0.309. The number of alkyl carbamates (subject to hydrolysis) is 1. The number of carbonyl (C=O) groups is 4. The van der Waals surface area contributed by atoms with Crippen LogP contribution in [0.2, 0.25) is 5.02 Å². The fourth-order valence-corrected chi connectivity index (χ4v) is 4.38. The molecule has 0 heterocycles. The van der Waals surface area contributed by atoms with Crippen molar-refractivity contribution in [3.8, 4) is 12.3 Å². The molecule has 0 saturated carbocycles. The molecular weight excluding hydrogens is 532 g/mol. The molecule has 0 fully saturated rings. The minimum atomic E-state index is -1.43. The van der Waals surface area contributed by atoms with E-state index in [9.17, 15) is 19.2 Å². The van der Waals surface area contributed by atoms with Crippen LogP contribution in [0.4, 0.5) is 10.5 Å². The number of nitrogens with one attached hydrogen (secondary N) is 2. The predicted molar refractivity (Wildman–Crippen MR) is 156 cm³/mol. The molecule has 2 aromatic carbocycles. The molecule has 2 unspecified atom stereocenters. The number of aryl methyl sites for hydroxylation is 1. The highest BCUT2D eigenvalue weighted by molar-refractivity contribution is 6.34. The first-order valence-electron chi connectivity index (χ1n) is 12.7. The first kappa shape index (κ1) is 32.2. The van der Waals surface area contributed by atoms with Gasteiger partial charge in [-0.25, -0.2) is 4.79 Å². The van der Waals surface area contributed by atoms with Gasteiger partial charge in [0.1, 0.15) is 17.7 Å². The lowest BCUT2D eigenvalue weighted by molar-refractivity contribution is -0.147. The summed E-state index contributed by atoms with van der Waals surface area (Å²) >= 11 is 6.39. The molecule has 0 radical (unpaired) electrons. The lowest BCUT2D eigenvalue weighted by Gasteiger charge is -2.43. The highest BCUT2D eigenvalue weighted by Gasteiger charge is 2.43. The maximum absolute atomic E-state index is 14.2. The van der Waals surface area contributed by atoms with E-state index in [2.05, 4.69) is 16.6 Å². The SMILES string of the molecule is C#Cc1ccccc1C(C(=O)Nc1c(C)cccc1Cl)N(C(=O)C(CC(N)=O)NC(=O)OC(C)(C)C)C(C)(C)C. The predicted octanol–water partition coefficient (Wildman–Crippen LogP) is 4.71. The number of rotatable bonds is 8. The van der Waals surface area contributed by atoms with E-state index in [4.69, 9.17) is 28.5 Å². The van der Waals surface area contributed by atoms with Crippen molar-refractivity contribution in [3.63, 3.8) is 0 Å². The Bertz CT molecular complexity index is 1300. The Labute approximate surface area is 240 Å². The maximum atomic E-state index is 14.2. The molecule has 2 aromatic rings. The van der Waals surface area contributed by atoms with Gasteiger partial charge in [-0.3, -0.25) is 14.4 Å². The van der Waals surface area contributed by atoms with Crippen molar-refractivity contribution >= 4 is 41.1 Å². The Balaban J connectivity index is 2.71.